The van der Waals surface area contributed by atoms with Crippen molar-refractivity contribution in [1.29, 1.82) is 0 Å². The Bertz CT molecular complexity index is 877. The van der Waals surface area contributed by atoms with E-state index in [0.717, 1.165) is 38.9 Å². The third kappa shape index (κ3) is 4.00. The maximum absolute atomic E-state index is 5.49. The molecule has 1 atom stereocenters. The van der Waals surface area contributed by atoms with E-state index in [2.05, 4.69) is 63.0 Å². The summed E-state index contributed by atoms with van der Waals surface area (Å²) < 4.78 is 6.52. The Morgan fingerprint density at radius 2 is 2.04 bits per heavy atom. The first kappa shape index (κ1) is 17.7. The minimum absolute atomic E-state index is 0.418. The van der Waals surface area contributed by atoms with Crippen molar-refractivity contribution >= 4 is 27.3 Å². The summed E-state index contributed by atoms with van der Waals surface area (Å²) in [6.07, 6.45) is 2.62. The van der Waals surface area contributed by atoms with Gasteiger partial charge < -0.3 is 10.1 Å². The minimum atomic E-state index is 0.418. The lowest BCUT2D eigenvalue weighted by atomic mass is 10.0. The fourth-order valence-electron chi connectivity index (χ4n) is 3.22. The molecule has 0 amide bonds. The molecular weight excluding hydrogens is 408 g/mol. The molecule has 0 radical (unpaired) electrons. The number of ether oxygens (including phenoxy) is 1. The molecule has 1 heterocycles. The molecule has 1 aliphatic rings. The number of methoxy groups -OCH3 is 1. The van der Waals surface area contributed by atoms with Crippen LogP contribution in [0.15, 0.2) is 58.4 Å². The summed E-state index contributed by atoms with van der Waals surface area (Å²) in [5.74, 6) is 1.60. The van der Waals surface area contributed by atoms with E-state index < -0.39 is 0 Å². The predicted molar refractivity (Wildman–Crippen MR) is 111 cm³/mol. The van der Waals surface area contributed by atoms with Crippen molar-refractivity contribution in [3.8, 4) is 16.3 Å². The first-order valence-corrected chi connectivity index (χ1v) is 10.5. The number of hydrogen-bond donors (Lipinski definition) is 1. The van der Waals surface area contributed by atoms with Crippen LogP contribution >= 0.6 is 27.3 Å². The van der Waals surface area contributed by atoms with Gasteiger partial charge in [0, 0.05) is 22.4 Å². The van der Waals surface area contributed by atoms with Gasteiger partial charge in [0.05, 0.1) is 18.4 Å². The number of halogens is 1. The topological polar surface area (TPSA) is 34.1 Å². The Kier molecular flexibility index (Phi) is 5.38. The van der Waals surface area contributed by atoms with E-state index >= 15 is 0 Å². The molecule has 1 aromatic heterocycles. The smallest absolute Gasteiger partial charge is 0.129 e. The maximum atomic E-state index is 5.49. The van der Waals surface area contributed by atoms with Crippen molar-refractivity contribution in [1.82, 2.24) is 10.3 Å². The Hall–Kier alpha value is -1.69. The fourth-order valence-corrected chi connectivity index (χ4v) is 4.42. The highest BCUT2D eigenvalue weighted by molar-refractivity contribution is 9.10. The van der Waals surface area contributed by atoms with E-state index in [-0.39, 0.29) is 0 Å². The Labute approximate surface area is 166 Å². The van der Waals surface area contributed by atoms with Crippen LogP contribution < -0.4 is 10.1 Å². The van der Waals surface area contributed by atoms with E-state index in [1.807, 2.05) is 12.1 Å². The van der Waals surface area contributed by atoms with Crippen LogP contribution in [0.1, 0.15) is 30.1 Å². The Balaban J connectivity index is 1.49. The van der Waals surface area contributed by atoms with E-state index in [0.29, 0.717) is 6.04 Å². The molecule has 0 bridgehead atoms. The number of thiazole rings is 1. The van der Waals surface area contributed by atoms with Crippen molar-refractivity contribution in [2.75, 3.05) is 7.11 Å². The van der Waals surface area contributed by atoms with Crippen molar-refractivity contribution in [2.45, 2.75) is 25.4 Å². The molecule has 0 saturated heterocycles. The molecule has 4 rings (SSSR count). The third-order valence-corrected chi connectivity index (χ3v) is 6.12. The summed E-state index contributed by atoms with van der Waals surface area (Å²) in [4.78, 5) is 4.83. The van der Waals surface area contributed by atoms with Crippen LogP contribution in [-0.4, -0.2) is 12.1 Å². The standard InChI is InChI=1S/C21H21BrN2OS/c1-25-19-10-9-16(22)11-18(19)21-24-17(13-26-21)12-23-20(15-7-8-15)14-5-3-2-4-6-14/h2-6,9-11,13,15,20,23H,7-8,12H2,1H3. The van der Waals surface area contributed by atoms with Gasteiger partial charge in [0.15, 0.2) is 0 Å². The second kappa shape index (κ2) is 7.91. The first-order valence-electron chi connectivity index (χ1n) is 8.81. The number of nitrogens with zero attached hydrogens (tertiary/aromatic N) is 1. The van der Waals surface area contributed by atoms with Gasteiger partial charge in [-0.2, -0.15) is 0 Å². The van der Waals surface area contributed by atoms with Crippen LogP contribution in [0.4, 0.5) is 0 Å². The monoisotopic (exact) mass is 428 g/mol. The van der Waals surface area contributed by atoms with Crippen LogP contribution in [0.5, 0.6) is 5.75 Å². The van der Waals surface area contributed by atoms with E-state index in [9.17, 15) is 0 Å². The quantitative estimate of drug-likeness (QED) is 0.514. The zero-order valence-electron chi connectivity index (χ0n) is 14.6. The van der Waals surface area contributed by atoms with Crippen molar-refractivity contribution in [3.63, 3.8) is 0 Å². The summed E-state index contributed by atoms with van der Waals surface area (Å²) >= 11 is 5.20. The lowest BCUT2D eigenvalue weighted by Crippen LogP contribution is -2.22. The molecule has 0 spiro atoms. The molecular formula is C21H21BrN2OS. The number of benzene rings is 2. The number of aromatic nitrogens is 1. The van der Waals surface area contributed by atoms with Gasteiger partial charge in [-0.05, 0) is 42.5 Å². The van der Waals surface area contributed by atoms with Crippen molar-refractivity contribution < 1.29 is 4.74 Å². The van der Waals surface area contributed by atoms with Gasteiger partial charge in [-0.1, -0.05) is 46.3 Å². The van der Waals surface area contributed by atoms with Gasteiger partial charge in [0.2, 0.25) is 0 Å². The molecule has 3 nitrogen and oxygen atoms in total. The maximum Gasteiger partial charge on any atom is 0.129 e. The summed E-state index contributed by atoms with van der Waals surface area (Å²) in [5, 5.41) is 6.85. The average Bonchev–Trinajstić information content (AvgIpc) is 3.40. The highest BCUT2D eigenvalue weighted by Crippen LogP contribution is 2.41. The van der Waals surface area contributed by atoms with Gasteiger partial charge in [-0.3, -0.25) is 0 Å². The molecule has 134 valence electrons. The second-order valence-electron chi connectivity index (χ2n) is 6.60. The predicted octanol–water partition coefficient (Wildman–Crippen LogP) is 5.82. The zero-order valence-corrected chi connectivity index (χ0v) is 17.0. The third-order valence-electron chi connectivity index (χ3n) is 4.70. The van der Waals surface area contributed by atoms with Gasteiger partial charge in [0.25, 0.3) is 0 Å². The normalized spacial score (nSPS) is 15.0. The highest BCUT2D eigenvalue weighted by atomic mass is 79.9. The molecule has 3 aromatic rings. The highest BCUT2D eigenvalue weighted by Gasteiger charge is 2.31. The molecule has 0 aliphatic heterocycles. The lowest BCUT2D eigenvalue weighted by Gasteiger charge is -2.18. The fraction of sp³-hybridized carbons (Fsp3) is 0.286. The number of nitrogens with one attached hydrogen (secondary N) is 1. The minimum Gasteiger partial charge on any atom is -0.496 e. The van der Waals surface area contributed by atoms with E-state index in [1.165, 1.54) is 18.4 Å². The first-order chi connectivity index (χ1) is 12.7. The van der Waals surface area contributed by atoms with E-state index in [4.69, 9.17) is 9.72 Å². The van der Waals surface area contributed by atoms with Crippen LogP contribution in [0.3, 0.4) is 0 Å². The van der Waals surface area contributed by atoms with Crippen LogP contribution in [0.2, 0.25) is 0 Å². The summed E-state index contributed by atoms with van der Waals surface area (Å²) in [7, 11) is 1.70. The molecule has 26 heavy (non-hydrogen) atoms. The SMILES string of the molecule is COc1ccc(Br)cc1-c1nc(CNC(c2ccccc2)C2CC2)cs1. The molecule has 1 unspecified atom stereocenters. The Morgan fingerprint density at radius 1 is 1.23 bits per heavy atom. The van der Waals surface area contributed by atoms with Gasteiger partial charge in [0.1, 0.15) is 10.8 Å². The molecule has 2 aromatic carbocycles. The molecule has 1 fully saturated rings. The zero-order chi connectivity index (χ0) is 17.9. The van der Waals surface area contributed by atoms with Gasteiger partial charge >= 0.3 is 0 Å². The van der Waals surface area contributed by atoms with Gasteiger partial charge in [-0.15, -0.1) is 11.3 Å². The summed E-state index contributed by atoms with van der Waals surface area (Å²) in [5.41, 5.74) is 3.48. The average molecular weight is 429 g/mol. The molecule has 1 N–H and O–H groups in total. The van der Waals surface area contributed by atoms with Crippen LogP contribution in [-0.2, 0) is 6.54 Å². The molecule has 1 aliphatic carbocycles. The van der Waals surface area contributed by atoms with Crippen LogP contribution in [0.25, 0.3) is 10.6 Å². The largest absolute Gasteiger partial charge is 0.496 e. The van der Waals surface area contributed by atoms with Crippen molar-refractivity contribution in [3.05, 3.63) is 69.6 Å². The Morgan fingerprint density at radius 3 is 2.77 bits per heavy atom. The van der Waals surface area contributed by atoms with E-state index in [1.54, 1.807) is 18.4 Å². The lowest BCUT2D eigenvalue weighted by molar-refractivity contribution is 0.416. The summed E-state index contributed by atoms with van der Waals surface area (Å²) in [6.45, 7) is 0.781. The number of hydrogen-bond acceptors (Lipinski definition) is 4. The number of rotatable bonds is 7. The van der Waals surface area contributed by atoms with Gasteiger partial charge in [-0.25, -0.2) is 4.98 Å². The summed E-state index contributed by atoms with van der Waals surface area (Å²) in [6, 6.07) is 17.2. The second-order valence-corrected chi connectivity index (χ2v) is 8.37. The molecule has 1 saturated carbocycles. The molecule has 5 heteroatoms. The van der Waals surface area contributed by atoms with Crippen molar-refractivity contribution in [2.24, 2.45) is 5.92 Å². The van der Waals surface area contributed by atoms with Crippen LogP contribution in [0, 0.1) is 5.92 Å².